The molecule has 2 N–H and O–H groups in total. The summed E-state index contributed by atoms with van der Waals surface area (Å²) in [5, 5.41) is 6.63. The standard InChI is InChI=1S/C15H18ClN5O2/c1-10(11-2-4-12(16)5-3-11)20-6-8-21(9-7-20)14(22)13-17-15(23)19-18-13/h2-5,10H,6-9H2,1H3,(H2,17,18,19,23)/t10-/m0/s1. The number of piperazine rings is 1. The van der Waals surface area contributed by atoms with Crippen molar-refractivity contribution >= 4 is 17.5 Å². The first kappa shape index (κ1) is 15.8. The molecule has 8 heteroatoms. The molecule has 7 nitrogen and oxygen atoms in total. The van der Waals surface area contributed by atoms with Crippen LogP contribution < -0.4 is 5.69 Å². The first-order valence-electron chi connectivity index (χ1n) is 7.48. The third-order valence-electron chi connectivity index (χ3n) is 4.21. The predicted octanol–water partition coefficient (Wildman–Crippen LogP) is 1.27. The van der Waals surface area contributed by atoms with Crippen molar-refractivity contribution in [1.29, 1.82) is 0 Å². The van der Waals surface area contributed by atoms with Gasteiger partial charge in [-0.2, -0.15) is 0 Å². The highest BCUT2D eigenvalue weighted by molar-refractivity contribution is 6.30. The molecule has 0 unspecified atom stereocenters. The number of hydrogen-bond acceptors (Lipinski definition) is 4. The van der Waals surface area contributed by atoms with Gasteiger partial charge in [0, 0.05) is 37.2 Å². The molecule has 23 heavy (non-hydrogen) atoms. The van der Waals surface area contributed by atoms with Gasteiger partial charge in [-0.15, -0.1) is 5.10 Å². The van der Waals surface area contributed by atoms with Crippen LogP contribution in [0, 0.1) is 0 Å². The number of nitrogens with one attached hydrogen (secondary N) is 2. The first-order chi connectivity index (χ1) is 11.0. The van der Waals surface area contributed by atoms with E-state index < -0.39 is 5.69 Å². The van der Waals surface area contributed by atoms with Gasteiger partial charge in [0.2, 0.25) is 5.82 Å². The van der Waals surface area contributed by atoms with E-state index >= 15 is 0 Å². The van der Waals surface area contributed by atoms with E-state index in [1.807, 2.05) is 24.3 Å². The van der Waals surface area contributed by atoms with E-state index in [9.17, 15) is 9.59 Å². The molecule has 1 aliphatic heterocycles. The highest BCUT2D eigenvalue weighted by Crippen LogP contribution is 2.23. The molecule has 0 saturated carbocycles. The Morgan fingerprint density at radius 2 is 1.87 bits per heavy atom. The number of aromatic amines is 2. The Bertz CT molecular complexity index is 731. The van der Waals surface area contributed by atoms with Gasteiger partial charge in [-0.3, -0.25) is 14.7 Å². The smallest absolute Gasteiger partial charge is 0.333 e. The number of carbonyl (C=O) groups excluding carboxylic acids is 1. The predicted molar refractivity (Wildman–Crippen MR) is 86.6 cm³/mol. The molecule has 1 fully saturated rings. The maximum absolute atomic E-state index is 12.2. The molecule has 3 rings (SSSR count). The van der Waals surface area contributed by atoms with Crippen LogP contribution in [0.2, 0.25) is 5.02 Å². The van der Waals surface area contributed by atoms with Crippen LogP contribution in [0.15, 0.2) is 29.1 Å². The van der Waals surface area contributed by atoms with Crippen LogP contribution in [0.3, 0.4) is 0 Å². The second kappa shape index (κ2) is 6.55. The maximum Gasteiger partial charge on any atom is 0.341 e. The zero-order valence-electron chi connectivity index (χ0n) is 12.8. The molecule has 1 aromatic heterocycles. The van der Waals surface area contributed by atoms with E-state index in [1.165, 1.54) is 5.56 Å². The molecule has 1 saturated heterocycles. The summed E-state index contributed by atoms with van der Waals surface area (Å²) in [5.41, 5.74) is 0.731. The number of amides is 1. The lowest BCUT2D eigenvalue weighted by molar-refractivity contribution is 0.0571. The van der Waals surface area contributed by atoms with E-state index in [0.717, 1.165) is 18.1 Å². The van der Waals surface area contributed by atoms with Crippen molar-refractivity contribution in [3.8, 4) is 0 Å². The summed E-state index contributed by atoms with van der Waals surface area (Å²) in [6, 6.07) is 8.09. The van der Waals surface area contributed by atoms with Crippen LogP contribution in [0.25, 0.3) is 0 Å². The topological polar surface area (TPSA) is 85.1 Å². The van der Waals surface area contributed by atoms with Gasteiger partial charge in [-0.1, -0.05) is 23.7 Å². The Balaban J connectivity index is 1.60. The average Bonchev–Trinajstić information content (AvgIpc) is 3.01. The minimum atomic E-state index is -0.469. The quantitative estimate of drug-likeness (QED) is 0.884. The molecule has 1 amide bonds. The molecule has 0 bridgehead atoms. The summed E-state index contributed by atoms with van der Waals surface area (Å²) in [6.07, 6.45) is 0. The molecule has 1 aromatic carbocycles. The number of hydrogen-bond donors (Lipinski definition) is 2. The lowest BCUT2D eigenvalue weighted by atomic mass is 10.1. The summed E-state index contributed by atoms with van der Waals surface area (Å²) in [7, 11) is 0. The summed E-state index contributed by atoms with van der Waals surface area (Å²) in [6.45, 7) is 4.89. The molecule has 122 valence electrons. The van der Waals surface area contributed by atoms with Crippen molar-refractivity contribution in [3.05, 3.63) is 51.2 Å². The maximum atomic E-state index is 12.2. The van der Waals surface area contributed by atoms with Gasteiger partial charge in [0.15, 0.2) is 0 Å². The van der Waals surface area contributed by atoms with Crippen LogP contribution in [-0.4, -0.2) is 57.1 Å². The summed E-state index contributed by atoms with van der Waals surface area (Å²) in [4.78, 5) is 29.7. The molecule has 2 heterocycles. The SMILES string of the molecule is C[C@@H](c1ccc(Cl)cc1)N1CCN(C(=O)c2n[nH]c(=O)[nH]2)CC1. The molecule has 2 aromatic rings. The van der Waals surface area contributed by atoms with Crippen LogP contribution in [-0.2, 0) is 0 Å². The van der Waals surface area contributed by atoms with Gasteiger partial charge in [0.1, 0.15) is 0 Å². The van der Waals surface area contributed by atoms with Gasteiger partial charge in [0.05, 0.1) is 0 Å². The number of halogens is 1. The molecule has 0 spiro atoms. The zero-order valence-corrected chi connectivity index (χ0v) is 13.5. The fourth-order valence-electron chi connectivity index (χ4n) is 2.79. The number of carbonyl (C=O) groups is 1. The minimum Gasteiger partial charge on any atom is -0.333 e. The Morgan fingerprint density at radius 3 is 2.43 bits per heavy atom. The van der Waals surface area contributed by atoms with E-state index in [1.54, 1.807) is 4.90 Å². The summed E-state index contributed by atoms with van der Waals surface area (Å²) < 4.78 is 0. The van der Waals surface area contributed by atoms with Gasteiger partial charge >= 0.3 is 5.69 Å². The van der Waals surface area contributed by atoms with Gasteiger partial charge in [-0.05, 0) is 24.6 Å². The fourth-order valence-corrected chi connectivity index (χ4v) is 2.91. The highest BCUT2D eigenvalue weighted by atomic mass is 35.5. The Kier molecular flexibility index (Phi) is 4.49. The van der Waals surface area contributed by atoms with E-state index in [0.29, 0.717) is 13.1 Å². The average molecular weight is 336 g/mol. The highest BCUT2D eigenvalue weighted by Gasteiger charge is 2.26. The lowest BCUT2D eigenvalue weighted by Gasteiger charge is -2.37. The molecule has 0 radical (unpaired) electrons. The molecular formula is C15H18ClN5O2. The van der Waals surface area contributed by atoms with Crippen LogP contribution >= 0.6 is 11.6 Å². The molecular weight excluding hydrogens is 318 g/mol. The summed E-state index contributed by atoms with van der Waals surface area (Å²) >= 11 is 5.92. The van der Waals surface area contributed by atoms with E-state index in [-0.39, 0.29) is 17.8 Å². The normalized spacial score (nSPS) is 17.2. The Hall–Kier alpha value is -2.12. The Labute approximate surface area is 138 Å². The molecule has 1 atom stereocenters. The first-order valence-corrected chi connectivity index (χ1v) is 7.86. The lowest BCUT2D eigenvalue weighted by Crippen LogP contribution is -2.49. The second-order valence-electron chi connectivity index (χ2n) is 5.58. The molecule has 0 aliphatic carbocycles. The number of aromatic nitrogens is 3. The van der Waals surface area contributed by atoms with Crippen molar-refractivity contribution < 1.29 is 4.79 Å². The van der Waals surface area contributed by atoms with Gasteiger partial charge < -0.3 is 4.90 Å². The zero-order chi connectivity index (χ0) is 16.4. The Morgan fingerprint density at radius 1 is 1.22 bits per heavy atom. The van der Waals surface area contributed by atoms with Gasteiger partial charge in [0.25, 0.3) is 5.91 Å². The second-order valence-corrected chi connectivity index (χ2v) is 6.02. The van der Waals surface area contributed by atoms with Crippen LogP contribution in [0.4, 0.5) is 0 Å². The third-order valence-corrected chi connectivity index (χ3v) is 4.46. The van der Waals surface area contributed by atoms with Crippen molar-refractivity contribution in [3.63, 3.8) is 0 Å². The van der Waals surface area contributed by atoms with Gasteiger partial charge in [-0.25, -0.2) is 9.89 Å². The van der Waals surface area contributed by atoms with Crippen LogP contribution in [0.1, 0.15) is 29.1 Å². The van der Waals surface area contributed by atoms with Crippen LogP contribution in [0.5, 0.6) is 0 Å². The third kappa shape index (κ3) is 3.46. The van der Waals surface area contributed by atoms with Crippen molar-refractivity contribution in [2.45, 2.75) is 13.0 Å². The number of H-pyrrole nitrogens is 2. The number of rotatable bonds is 3. The van der Waals surface area contributed by atoms with Crippen molar-refractivity contribution in [1.82, 2.24) is 25.0 Å². The van der Waals surface area contributed by atoms with E-state index in [4.69, 9.17) is 11.6 Å². The minimum absolute atomic E-state index is 0.0641. The molecule has 1 aliphatic rings. The number of benzene rings is 1. The fraction of sp³-hybridized carbons (Fsp3) is 0.400. The largest absolute Gasteiger partial charge is 0.341 e. The van der Waals surface area contributed by atoms with E-state index in [2.05, 4.69) is 27.0 Å². The van der Waals surface area contributed by atoms with Crippen molar-refractivity contribution in [2.75, 3.05) is 26.2 Å². The summed E-state index contributed by atoms with van der Waals surface area (Å²) in [5.74, 6) is -0.184. The number of nitrogens with zero attached hydrogens (tertiary/aromatic N) is 3. The monoisotopic (exact) mass is 335 g/mol. The van der Waals surface area contributed by atoms with Crippen molar-refractivity contribution in [2.24, 2.45) is 0 Å².